The first-order chi connectivity index (χ1) is 14.3. The van der Waals surface area contributed by atoms with Crippen LogP contribution in [0.15, 0.2) is 23.0 Å². The Labute approximate surface area is 179 Å². The Kier molecular flexibility index (Phi) is 5.33. The number of nitrogens with zero attached hydrogens (tertiary/aromatic N) is 2. The van der Waals surface area contributed by atoms with E-state index in [1.54, 1.807) is 11.5 Å². The molecule has 0 saturated heterocycles. The van der Waals surface area contributed by atoms with Gasteiger partial charge in [-0.05, 0) is 44.0 Å². The topological polar surface area (TPSA) is 90.3 Å². The lowest BCUT2D eigenvalue weighted by Gasteiger charge is -2.14. The number of hydrogen-bond acceptors (Lipinski definition) is 6. The van der Waals surface area contributed by atoms with Crippen molar-refractivity contribution in [3.05, 3.63) is 55.7 Å². The maximum Gasteiger partial charge on any atom is 0.349 e. The lowest BCUT2D eigenvalue weighted by molar-refractivity contribution is -0.123. The number of aromatic nitrogens is 2. The smallest absolute Gasteiger partial charge is 0.349 e. The van der Waals surface area contributed by atoms with E-state index in [1.807, 2.05) is 0 Å². The number of anilines is 1. The van der Waals surface area contributed by atoms with Crippen molar-refractivity contribution in [2.24, 2.45) is 0 Å². The van der Waals surface area contributed by atoms with Gasteiger partial charge in [-0.1, -0.05) is 11.6 Å². The van der Waals surface area contributed by atoms with Crippen molar-refractivity contribution in [3.63, 3.8) is 0 Å². The number of carbonyl (C=O) groups excluding carboxylic acids is 2. The second-order valence-corrected chi connectivity index (χ2v) is 8.39. The van der Waals surface area contributed by atoms with Gasteiger partial charge >= 0.3 is 5.97 Å². The number of ether oxygens (including phenoxy) is 1. The van der Waals surface area contributed by atoms with Gasteiger partial charge in [0.05, 0.1) is 16.1 Å². The SMILES string of the molecule is Cc1c(C(=O)O[C@@H](C)C(=O)Nc2ccc(F)cc2Cl)sc2nc3n(c(=O)c12)CCC3. The molecule has 10 heteroatoms. The third-order valence-corrected chi connectivity index (χ3v) is 6.42. The van der Waals surface area contributed by atoms with Gasteiger partial charge in [-0.2, -0.15) is 0 Å². The standard InChI is InChI=1S/C20H17ClFN3O4S/c1-9-15-18(24-14-4-3-7-25(14)19(15)27)30-16(9)20(28)29-10(2)17(26)23-13-6-5-11(22)8-12(13)21/h5-6,8,10H,3-4,7H2,1-2H3,(H,23,26)/t10-/m0/s1. The number of hydrogen-bond donors (Lipinski definition) is 1. The summed E-state index contributed by atoms with van der Waals surface area (Å²) in [5.74, 6) is -1.15. The number of thiophene rings is 1. The molecule has 4 rings (SSSR count). The predicted molar refractivity (Wildman–Crippen MR) is 112 cm³/mol. The van der Waals surface area contributed by atoms with Crippen LogP contribution in [0.3, 0.4) is 0 Å². The fourth-order valence-corrected chi connectivity index (χ4v) is 4.65. The number of esters is 1. The molecule has 1 amide bonds. The second kappa shape index (κ2) is 7.81. The van der Waals surface area contributed by atoms with Gasteiger partial charge in [0.25, 0.3) is 11.5 Å². The number of aryl methyl sites for hydroxylation is 2. The number of amides is 1. The molecule has 0 aliphatic carbocycles. The van der Waals surface area contributed by atoms with Gasteiger partial charge in [0, 0.05) is 13.0 Å². The number of nitrogens with one attached hydrogen (secondary N) is 1. The van der Waals surface area contributed by atoms with Crippen molar-refractivity contribution >= 4 is 50.7 Å². The van der Waals surface area contributed by atoms with E-state index >= 15 is 0 Å². The summed E-state index contributed by atoms with van der Waals surface area (Å²) in [6, 6.07) is 3.54. The van der Waals surface area contributed by atoms with Gasteiger partial charge in [0.15, 0.2) is 6.10 Å². The van der Waals surface area contributed by atoms with Crippen molar-refractivity contribution in [2.75, 3.05) is 5.32 Å². The van der Waals surface area contributed by atoms with Crippen molar-refractivity contribution in [1.82, 2.24) is 9.55 Å². The molecule has 156 valence electrons. The van der Waals surface area contributed by atoms with E-state index in [9.17, 15) is 18.8 Å². The van der Waals surface area contributed by atoms with Crippen molar-refractivity contribution in [1.29, 1.82) is 0 Å². The second-order valence-electron chi connectivity index (χ2n) is 6.99. The largest absolute Gasteiger partial charge is 0.448 e. The zero-order chi connectivity index (χ0) is 21.6. The molecule has 1 aliphatic rings. The molecule has 1 aliphatic heterocycles. The summed E-state index contributed by atoms with van der Waals surface area (Å²) in [7, 11) is 0. The molecule has 0 radical (unpaired) electrons. The molecule has 0 fully saturated rings. The third kappa shape index (κ3) is 3.59. The molecule has 3 heterocycles. The molecule has 30 heavy (non-hydrogen) atoms. The number of benzene rings is 1. The van der Waals surface area contributed by atoms with E-state index in [0.29, 0.717) is 22.3 Å². The van der Waals surface area contributed by atoms with Crippen molar-refractivity contribution in [3.8, 4) is 0 Å². The Bertz CT molecular complexity index is 1250. The lowest BCUT2D eigenvalue weighted by Crippen LogP contribution is -2.30. The molecule has 0 unspecified atom stereocenters. The van der Waals surface area contributed by atoms with Gasteiger partial charge in [-0.15, -0.1) is 11.3 Å². The molecular weight excluding hydrogens is 433 g/mol. The zero-order valence-electron chi connectivity index (χ0n) is 16.1. The quantitative estimate of drug-likeness (QED) is 0.613. The van der Waals surface area contributed by atoms with E-state index in [2.05, 4.69) is 10.3 Å². The van der Waals surface area contributed by atoms with E-state index in [0.717, 1.165) is 42.1 Å². The maximum absolute atomic E-state index is 13.1. The summed E-state index contributed by atoms with van der Waals surface area (Å²) < 4.78 is 20.1. The summed E-state index contributed by atoms with van der Waals surface area (Å²) in [4.78, 5) is 43.0. The highest BCUT2D eigenvalue weighted by molar-refractivity contribution is 7.20. The van der Waals surface area contributed by atoms with Crippen LogP contribution in [0.2, 0.25) is 5.02 Å². The number of halogens is 2. The van der Waals surface area contributed by atoms with Crippen LogP contribution in [0.25, 0.3) is 10.2 Å². The summed E-state index contributed by atoms with van der Waals surface area (Å²) in [5.41, 5.74) is 0.543. The van der Waals surface area contributed by atoms with Crippen molar-refractivity contribution in [2.45, 2.75) is 39.3 Å². The number of fused-ring (bicyclic) bond motifs is 2. The highest BCUT2D eigenvalue weighted by Gasteiger charge is 2.26. The average Bonchev–Trinajstić information content (AvgIpc) is 3.29. The van der Waals surface area contributed by atoms with Gasteiger partial charge in [-0.3, -0.25) is 14.2 Å². The van der Waals surface area contributed by atoms with E-state index < -0.39 is 23.8 Å². The minimum atomic E-state index is -1.14. The predicted octanol–water partition coefficient (Wildman–Crippen LogP) is 3.69. The Morgan fingerprint density at radius 3 is 2.90 bits per heavy atom. The van der Waals surface area contributed by atoms with Gasteiger partial charge in [-0.25, -0.2) is 14.2 Å². The molecular formula is C20H17ClFN3O4S. The minimum absolute atomic E-state index is 0.0295. The van der Waals surface area contributed by atoms with Gasteiger partial charge < -0.3 is 10.1 Å². The van der Waals surface area contributed by atoms with Crippen molar-refractivity contribution < 1.29 is 18.7 Å². The molecule has 1 atom stereocenters. The third-order valence-electron chi connectivity index (χ3n) is 4.94. The fraction of sp³-hybridized carbons (Fsp3) is 0.300. The Balaban J connectivity index is 1.54. The summed E-state index contributed by atoms with van der Waals surface area (Å²) in [6.07, 6.45) is 0.464. The summed E-state index contributed by atoms with van der Waals surface area (Å²) in [5, 5.41) is 2.94. The van der Waals surface area contributed by atoms with Crippen LogP contribution in [-0.4, -0.2) is 27.5 Å². The van der Waals surface area contributed by atoms with E-state index in [4.69, 9.17) is 16.3 Å². The van der Waals surface area contributed by atoms with Crippen LogP contribution in [0.1, 0.15) is 34.4 Å². The van der Waals surface area contributed by atoms with Crippen LogP contribution >= 0.6 is 22.9 Å². The van der Waals surface area contributed by atoms with Crippen LogP contribution in [0, 0.1) is 12.7 Å². The molecule has 7 nitrogen and oxygen atoms in total. The molecule has 1 N–H and O–H groups in total. The minimum Gasteiger partial charge on any atom is -0.448 e. The fourth-order valence-electron chi connectivity index (χ4n) is 3.36. The molecule has 3 aromatic rings. The first-order valence-electron chi connectivity index (χ1n) is 9.26. The zero-order valence-corrected chi connectivity index (χ0v) is 17.7. The Morgan fingerprint density at radius 2 is 2.17 bits per heavy atom. The highest BCUT2D eigenvalue weighted by atomic mass is 35.5. The van der Waals surface area contributed by atoms with Gasteiger partial charge in [0.1, 0.15) is 21.3 Å². The summed E-state index contributed by atoms with van der Waals surface area (Å²) >= 11 is 6.98. The lowest BCUT2D eigenvalue weighted by atomic mass is 10.2. The summed E-state index contributed by atoms with van der Waals surface area (Å²) in [6.45, 7) is 3.70. The van der Waals surface area contributed by atoms with E-state index in [1.165, 1.54) is 13.0 Å². The molecule has 2 aromatic heterocycles. The monoisotopic (exact) mass is 449 g/mol. The van der Waals surface area contributed by atoms with Crippen LogP contribution in [-0.2, 0) is 22.5 Å². The van der Waals surface area contributed by atoms with Gasteiger partial charge in [0.2, 0.25) is 0 Å². The van der Waals surface area contributed by atoms with Crippen LogP contribution in [0.4, 0.5) is 10.1 Å². The molecule has 0 saturated carbocycles. The normalized spacial score (nSPS) is 13.9. The van der Waals surface area contributed by atoms with Crippen LogP contribution in [0.5, 0.6) is 0 Å². The number of rotatable bonds is 4. The first kappa shape index (κ1) is 20.5. The Morgan fingerprint density at radius 1 is 1.40 bits per heavy atom. The number of carbonyl (C=O) groups is 2. The van der Waals surface area contributed by atoms with E-state index in [-0.39, 0.29) is 21.1 Å². The molecule has 1 aromatic carbocycles. The highest BCUT2D eigenvalue weighted by Crippen LogP contribution is 2.29. The molecule has 0 spiro atoms. The average molecular weight is 450 g/mol. The van der Waals surface area contributed by atoms with Crippen LogP contribution < -0.4 is 10.9 Å². The maximum atomic E-state index is 13.1. The molecule has 0 bridgehead atoms. The Hall–Kier alpha value is -2.78. The first-order valence-corrected chi connectivity index (χ1v) is 10.5.